The molecule has 0 bridgehead atoms. The first-order chi connectivity index (χ1) is 15.2. The van der Waals surface area contributed by atoms with Crippen LogP contribution < -0.4 is 15.2 Å². The average Bonchev–Trinajstić information content (AvgIpc) is 3.33. The molecule has 31 heavy (non-hydrogen) atoms. The lowest BCUT2D eigenvalue weighted by Gasteiger charge is -2.32. The molecule has 162 valence electrons. The number of nitrogens with zero attached hydrogens (tertiary/aromatic N) is 6. The predicted octanol–water partition coefficient (Wildman–Crippen LogP) is 3.30. The van der Waals surface area contributed by atoms with Crippen molar-refractivity contribution in [2.24, 2.45) is 5.92 Å². The van der Waals surface area contributed by atoms with E-state index in [2.05, 4.69) is 19.9 Å². The molecule has 0 unspecified atom stereocenters. The number of pyridine rings is 1. The van der Waals surface area contributed by atoms with Crippen LogP contribution in [0.1, 0.15) is 50.1 Å². The Morgan fingerprint density at radius 3 is 2.61 bits per heavy atom. The number of anilines is 1. The molecule has 1 aliphatic heterocycles. The number of aromatic nitrogens is 5. The Balaban J connectivity index is 1.33. The number of hydrogen-bond acceptors (Lipinski definition) is 7. The Bertz CT molecular complexity index is 1100. The van der Waals surface area contributed by atoms with Crippen LogP contribution in [0, 0.1) is 12.8 Å². The minimum absolute atomic E-state index is 0.0569. The summed E-state index contributed by atoms with van der Waals surface area (Å²) in [5.41, 5.74) is 1.79. The Kier molecular flexibility index (Phi) is 5.53. The molecule has 0 amide bonds. The van der Waals surface area contributed by atoms with E-state index >= 15 is 0 Å². The Hall–Kier alpha value is -3.03. The molecule has 3 aromatic heterocycles. The van der Waals surface area contributed by atoms with E-state index in [1.54, 1.807) is 24.7 Å². The fourth-order valence-corrected chi connectivity index (χ4v) is 4.79. The van der Waals surface area contributed by atoms with Gasteiger partial charge < -0.3 is 9.64 Å². The quantitative estimate of drug-likeness (QED) is 0.626. The maximum Gasteiger partial charge on any atom is 0.252 e. The third kappa shape index (κ3) is 4.11. The van der Waals surface area contributed by atoms with Crippen molar-refractivity contribution in [2.45, 2.75) is 51.5 Å². The molecular formula is C23H28N6O2. The van der Waals surface area contributed by atoms with Gasteiger partial charge in [-0.05, 0) is 44.1 Å². The van der Waals surface area contributed by atoms with Gasteiger partial charge in [-0.15, -0.1) is 0 Å². The van der Waals surface area contributed by atoms with Gasteiger partial charge in [0.25, 0.3) is 5.56 Å². The van der Waals surface area contributed by atoms with Crippen molar-refractivity contribution in [2.75, 3.05) is 24.6 Å². The van der Waals surface area contributed by atoms with E-state index < -0.39 is 0 Å². The lowest BCUT2D eigenvalue weighted by Crippen LogP contribution is -2.37. The highest BCUT2D eigenvalue weighted by molar-refractivity contribution is 5.79. The first-order valence-electron chi connectivity index (χ1n) is 11.2. The molecule has 1 saturated carbocycles. The number of ether oxygens (including phenoxy) is 1. The van der Waals surface area contributed by atoms with Gasteiger partial charge in [-0.25, -0.2) is 9.97 Å². The van der Waals surface area contributed by atoms with Gasteiger partial charge in [0.1, 0.15) is 5.65 Å². The molecule has 1 saturated heterocycles. The van der Waals surface area contributed by atoms with Crippen LogP contribution in [0.5, 0.6) is 5.88 Å². The smallest absolute Gasteiger partial charge is 0.252 e. The van der Waals surface area contributed by atoms with Crippen molar-refractivity contribution in [3.8, 4) is 5.88 Å². The largest absolute Gasteiger partial charge is 0.476 e. The maximum absolute atomic E-state index is 12.8. The molecule has 1 aliphatic carbocycles. The molecular weight excluding hydrogens is 392 g/mol. The minimum atomic E-state index is 0.0569. The molecule has 2 fully saturated rings. The molecule has 0 spiro atoms. The number of aryl methyl sites for hydroxylation is 1. The molecule has 8 nitrogen and oxygen atoms in total. The summed E-state index contributed by atoms with van der Waals surface area (Å²) < 4.78 is 7.70. The molecule has 0 N–H and O–H groups in total. The van der Waals surface area contributed by atoms with E-state index in [4.69, 9.17) is 9.72 Å². The molecule has 8 heteroatoms. The lowest BCUT2D eigenvalue weighted by molar-refractivity contribution is 0.215. The van der Waals surface area contributed by atoms with E-state index in [9.17, 15) is 4.79 Å². The summed E-state index contributed by atoms with van der Waals surface area (Å²) in [6.45, 7) is 4.36. The Morgan fingerprint density at radius 1 is 1.06 bits per heavy atom. The fourth-order valence-electron chi connectivity index (χ4n) is 4.79. The van der Waals surface area contributed by atoms with Gasteiger partial charge in [0.05, 0.1) is 12.8 Å². The summed E-state index contributed by atoms with van der Waals surface area (Å²) in [6, 6.07) is 1.98. The lowest BCUT2D eigenvalue weighted by atomic mass is 9.98. The van der Waals surface area contributed by atoms with Gasteiger partial charge in [-0.1, -0.05) is 12.8 Å². The standard InChI is InChI=1S/C23H28N6O2/c1-16-12-21(30)29(18-4-2-3-5-18)22-19(16)13-26-23(27-22)28-10-6-17(7-11-28)15-31-20-14-24-8-9-25-20/h8-9,12-14,17-18H,2-7,10-11,15H2,1H3. The zero-order valence-corrected chi connectivity index (χ0v) is 17.9. The van der Waals surface area contributed by atoms with Crippen molar-refractivity contribution in [1.82, 2.24) is 24.5 Å². The van der Waals surface area contributed by atoms with E-state index in [0.29, 0.717) is 18.4 Å². The first-order valence-corrected chi connectivity index (χ1v) is 11.2. The highest BCUT2D eigenvalue weighted by Crippen LogP contribution is 2.31. The van der Waals surface area contributed by atoms with Crippen LogP contribution in [-0.4, -0.2) is 44.2 Å². The Labute approximate surface area is 181 Å². The maximum atomic E-state index is 12.8. The van der Waals surface area contributed by atoms with Gasteiger partial charge in [0.2, 0.25) is 11.8 Å². The van der Waals surface area contributed by atoms with Crippen molar-refractivity contribution in [3.05, 3.63) is 46.8 Å². The summed E-state index contributed by atoms with van der Waals surface area (Å²) in [7, 11) is 0. The zero-order chi connectivity index (χ0) is 21.2. The number of hydrogen-bond donors (Lipinski definition) is 0. The summed E-state index contributed by atoms with van der Waals surface area (Å²) in [6.07, 6.45) is 13.3. The van der Waals surface area contributed by atoms with E-state index in [-0.39, 0.29) is 11.6 Å². The van der Waals surface area contributed by atoms with Crippen LogP contribution in [0.2, 0.25) is 0 Å². The van der Waals surface area contributed by atoms with Gasteiger partial charge in [-0.2, -0.15) is 4.98 Å². The summed E-state index contributed by atoms with van der Waals surface area (Å²) >= 11 is 0. The molecule has 2 aliphatic rings. The first kappa shape index (κ1) is 19.9. The van der Waals surface area contributed by atoms with Crippen LogP contribution in [0.25, 0.3) is 11.0 Å². The van der Waals surface area contributed by atoms with E-state index in [0.717, 1.165) is 61.3 Å². The third-order valence-electron chi connectivity index (χ3n) is 6.58. The van der Waals surface area contributed by atoms with Gasteiger partial charge in [0.15, 0.2) is 0 Å². The van der Waals surface area contributed by atoms with Crippen molar-refractivity contribution >= 4 is 17.0 Å². The number of rotatable bonds is 5. The van der Waals surface area contributed by atoms with Crippen LogP contribution in [0.3, 0.4) is 0 Å². The van der Waals surface area contributed by atoms with Crippen LogP contribution >= 0.6 is 0 Å². The highest BCUT2D eigenvalue weighted by Gasteiger charge is 2.25. The van der Waals surface area contributed by atoms with Gasteiger partial charge in [-0.3, -0.25) is 14.3 Å². The van der Waals surface area contributed by atoms with E-state index in [1.807, 2.05) is 17.7 Å². The van der Waals surface area contributed by atoms with Gasteiger partial charge >= 0.3 is 0 Å². The second kappa shape index (κ2) is 8.61. The molecule has 3 aromatic rings. The molecule has 0 radical (unpaired) electrons. The fraction of sp³-hybridized carbons (Fsp3) is 0.522. The summed E-state index contributed by atoms with van der Waals surface area (Å²) in [5.74, 6) is 1.76. The topological polar surface area (TPSA) is 86.0 Å². The Morgan fingerprint density at radius 2 is 1.87 bits per heavy atom. The van der Waals surface area contributed by atoms with E-state index in [1.165, 1.54) is 12.8 Å². The van der Waals surface area contributed by atoms with Crippen molar-refractivity contribution < 1.29 is 4.74 Å². The second-order valence-corrected chi connectivity index (χ2v) is 8.67. The van der Waals surface area contributed by atoms with Crippen molar-refractivity contribution in [3.63, 3.8) is 0 Å². The average molecular weight is 421 g/mol. The SMILES string of the molecule is Cc1cc(=O)n(C2CCCC2)c2nc(N3CCC(COc4cnccn4)CC3)ncc12. The van der Waals surface area contributed by atoms with Crippen molar-refractivity contribution in [1.29, 1.82) is 0 Å². The molecule has 5 rings (SSSR count). The van der Waals surface area contributed by atoms with Gasteiger partial charge in [0, 0.05) is 49.2 Å². The van der Waals surface area contributed by atoms with Crippen LogP contribution in [0.4, 0.5) is 5.95 Å². The normalized spacial score (nSPS) is 18.0. The summed E-state index contributed by atoms with van der Waals surface area (Å²) in [5, 5.41) is 0.975. The molecule has 0 atom stereocenters. The number of piperidine rings is 1. The highest BCUT2D eigenvalue weighted by atomic mass is 16.5. The third-order valence-corrected chi connectivity index (χ3v) is 6.58. The molecule has 4 heterocycles. The van der Waals surface area contributed by atoms with Crippen LogP contribution in [0.15, 0.2) is 35.6 Å². The second-order valence-electron chi connectivity index (χ2n) is 8.67. The minimum Gasteiger partial charge on any atom is -0.476 e. The predicted molar refractivity (Wildman–Crippen MR) is 119 cm³/mol. The van der Waals surface area contributed by atoms with Crippen LogP contribution in [-0.2, 0) is 0 Å². The zero-order valence-electron chi connectivity index (χ0n) is 17.9. The summed E-state index contributed by atoms with van der Waals surface area (Å²) in [4.78, 5) is 32.8. The molecule has 0 aromatic carbocycles. The monoisotopic (exact) mass is 420 g/mol. The number of fused-ring (bicyclic) bond motifs is 1.